The van der Waals surface area contributed by atoms with Crippen LogP contribution in [-0.2, 0) is 0 Å². The second kappa shape index (κ2) is 8.24. The molecule has 1 aromatic carbocycles. The normalized spacial score (nSPS) is 18.4. The van der Waals surface area contributed by atoms with Gasteiger partial charge in [-0.2, -0.15) is 0 Å². The number of Topliss-reactive ketones (excluding diaryl/α,β-unsaturated/α-hetero) is 1. The number of nitrogens with zero attached hydrogens (tertiary/aromatic N) is 5. The van der Waals surface area contributed by atoms with Gasteiger partial charge in [-0.05, 0) is 56.5 Å². The fourth-order valence-corrected chi connectivity index (χ4v) is 4.56. The molecule has 0 spiro atoms. The smallest absolute Gasteiger partial charge is 0.179 e. The quantitative estimate of drug-likeness (QED) is 0.394. The first-order valence-corrected chi connectivity index (χ1v) is 12.0. The van der Waals surface area contributed by atoms with E-state index < -0.39 is 5.92 Å². The molecular formula is C27H27N5O2. The summed E-state index contributed by atoms with van der Waals surface area (Å²) in [5.74, 6) is 1.59. The number of fused-ring (bicyclic) bond motifs is 1. The van der Waals surface area contributed by atoms with Crippen molar-refractivity contribution in [1.82, 2.24) is 24.1 Å². The van der Waals surface area contributed by atoms with Crippen molar-refractivity contribution in [2.24, 2.45) is 0 Å². The van der Waals surface area contributed by atoms with Gasteiger partial charge in [0.25, 0.3) is 0 Å². The van der Waals surface area contributed by atoms with Crippen LogP contribution < -0.4 is 4.74 Å². The Labute approximate surface area is 198 Å². The molecule has 1 aliphatic carbocycles. The van der Waals surface area contributed by atoms with Gasteiger partial charge in [0.2, 0.25) is 0 Å². The van der Waals surface area contributed by atoms with Crippen LogP contribution in [0.4, 0.5) is 0 Å². The molecular weight excluding hydrogens is 426 g/mol. The number of benzene rings is 1. The highest BCUT2D eigenvalue weighted by Gasteiger charge is 2.32. The number of aromatic nitrogens is 5. The van der Waals surface area contributed by atoms with Gasteiger partial charge >= 0.3 is 0 Å². The maximum Gasteiger partial charge on any atom is 0.179 e. The van der Waals surface area contributed by atoms with E-state index in [0.29, 0.717) is 29.0 Å². The van der Waals surface area contributed by atoms with Crippen molar-refractivity contribution in [3.63, 3.8) is 0 Å². The molecule has 3 aromatic heterocycles. The maximum absolute atomic E-state index is 13.6. The predicted octanol–water partition coefficient (Wildman–Crippen LogP) is 5.34. The Kier molecular flexibility index (Phi) is 5.05. The molecule has 4 aromatic rings. The highest BCUT2D eigenvalue weighted by Crippen LogP contribution is 2.39. The van der Waals surface area contributed by atoms with Crippen LogP contribution >= 0.6 is 0 Å². The second-order valence-corrected chi connectivity index (χ2v) is 9.25. The summed E-state index contributed by atoms with van der Waals surface area (Å²) < 4.78 is 10.1. The number of ketones is 1. The van der Waals surface area contributed by atoms with Crippen LogP contribution in [0.2, 0.25) is 0 Å². The largest absolute Gasteiger partial charge is 0.492 e. The molecule has 0 bridgehead atoms. The van der Waals surface area contributed by atoms with E-state index in [2.05, 4.69) is 34.6 Å². The number of imidazole rings is 2. The molecule has 34 heavy (non-hydrogen) atoms. The molecule has 7 nitrogen and oxygen atoms in total. The molecule has 172 valence electrons. The minimum absolute atomic E-state index is 0.0283. The minimum Gasteiger partial charge on any atom is -0.492 e. The van der Waals surface area contributed by atoms with Crippen molar-refractivity contribution in [1.29, 1.82) is 0 Å². The Morgan fingerprint density at radius 2 is 2.03 bits per heavy atom. The van der Waals surface area contributed by atoms with E-state index in [-0.39, 0.29) is 12.4 Å². The van der Waals surface area contributed by atoms with E-state index in [1.54, 1.807) is 6.20 Å². The Morgan fingerprint density at radius 3 is 2.85 bits per heavy atom. The van der Waals surface area contributed by atoms with Crippen LogP contribution in [0, 0.1) is 0 Å². The van der Waals surface area contributed by atoms with Crippen LogP contribution in [-0.4, -0.2) is 36.5 Å². The lowest BCUT2D eigenvalue weighted by Crippen LogP contribution is -2.27. The molecule has 0 radical (unpaired) electrons. The van der Waals surface area contributed by atoms with Gasteiger partial charge in [-0.15, -0.1) is 0 Å². The van der Waals surface area contributed by atoms with Crippen LogP contribution in [0.1, 0.15) is 72.7 Å². The summed E-state index contributed by atoms with van der Waals surface area (Å²) in [5.41, 5.74) is 4.09. The summed E-state index contributed by atoms with van der Waals surface area (Å²) in [5, 5.41) is 0. The lowest BCUT2D eigenvalue weighted by Gasteiger charge is -2.24. The molecule has 0 amide bonds. The first-order valence-electron chi connectivity index (χ1n) is 12.0. The summed E-state index contributed by atoms with van der Waals surface area (Å²) in [7, 11) is 0. The van der Waals surface area contributed by atoms with Crippen molar-refractivity contribution < 1.29 is 9.53 Å². The number of ether oxygens (including phenoxy) is 1. The average molecular weight is 454 g/mol. The lowest BCUT2D eigenvalue weighted by atomic mass is 9.91. The van der Waals surface area contributed by atoms with Gasteiger partial charge in [0.15, 0.2) is 11.6 Å². The number of hydrogen-bond donors (Lipinski definition) is 0. The molecule has 6 rings (SSSR count). The van der Waals surface area contributed by atoms with Gasteiger partial charge in [0.05, 0.1) is 29.2 Å². The van der Waals surface area contributed by atoms with Crippen LogP contribution in [0.5, 0.6) is 5.75 Å². The van der Waals surface area contributed by atoms with E-state index >= 15 is 0 Å². The van der Waals surface area contributed by atoms with E-state index in [9.17, 15) is 4.79 Å². The summed E-state index contributed by atoms with van der Waals surface area (Å²) in [4.78, 5) is 27.5. The standard InChI is InChI=1S/C27H27N5O2/c1-3-17(2)32-12-11-28-27(32)23-6-4-5-22(30-23)21-15-34-25-10-9-19(13-20(25)26(21)33)31-14-24(29-16-31)18-7-8-18/h4-6,9-14,16-18,21H,3,7-8,15H2,1-2H3. The summed E-state index contributed by atoms with van der Waals surface area (Å²) in [6.07, 6.45) is 11.1. The third kappa shape index (κ3) is 3.61. The van der Waals surface area contributed by atoms with Gasteiger partial charge in [0, 0.05) is 36.2 Å². The SMILES string of the molecule is CCC(C)n1ccnc1-c1cccc(C2COc3ccc(-n4cnc(C5CC5)c4)cc3C2=O)n1. The molecule has 0 saturated heterocycles. The van der Waals surface area contributed by atoms with E-state index in [1.807, 2.05) is 53.5 Å². The van der Waals surface area contributed by atoms with Crippen molar-refractivity contribution in [3.8, 4) is 23.0 Å². The topological polar surface area (TPSA) is 74.8 Å². The van der Waals surface area contributed by atoms with Gasteiger partial charge in [-0.3, -0.25) is 4.79 Å². The molecule has 1 aliphatic heterocycles. The minimum atomic E-state index is -0.459. The maximum atomic E-state index is 13.6. The van der Waals surface area contributed by atoms with Crippen molar-refractivity contribution in [3.05, 3.63) is 78.3 Å². The molecule has 1 saturated carbocycles. The molecule has 4 heterocycles. The zero-order valence-corrected chi connectivity index (χ0v) is 19.4. The number of pyridine rings is 1. The lowest BCUT2D eigenvalue weighted by molar-refractivity contribution is 0.0893. The fraction of sp³-hybridized carbons (Fsp3) is 0.333. The Hall–Kier alpha value is -3.74. The van der Waals surface area contributed by atoms with Crippen molar-refractivity contribution in [2.45, 2.75) is 51.0 Å². The number of rotatable bonds is 6. The third-order valence-electron chi connectivity index (χ3n) is 6.94. The zero-order chi connectivity index (χ0) is 23.2. The molecule has 2 atom stereocenters. The Bertz CT molecular complexity index is 1370. The van der Waals surface area contributed by atoms with Crippen molar-refractivity contribution in [2.75, 3.05) is 6.61 Å². The monoisotopic (exact) mass is 453 g/mol. The van der Waals surface area contributed by atoms with Gasteiger partial charge in [-0.1, -0.05) is 13.0 Å². The molecule has 2 unspecified atom stereocenters. The third-order valence-corrected chi connectivity index (χ3v) is 6.94. The summed E-state index contributed by atoms with van der Waals surface area (Å²) >= 11 is 0. The summed E-state index contributed by atoms with van der Waals surface area (Å²) in [6.45, 7) is 4.59. The van der Waals surface area contributed by atoms with E-state index in [1.165, 1.54) is 12.8 Å². The highest BCUT2D eigenvalue weighted by molar-refractivity contribution is 6.04. The van der Waals surface area contributed by atoms with Crippen LogP contribution in [0.3, 0.4) is 0 Å². The Balaban J connectivity index is 1.31. The molecule has 0 N–H and O–H groups in total. The van der Waals surface area contributed by atoms with Crippen LogP contribution in [0.15, 0.2) is 61.3 Å². The van der Waals surface area contributed by atoms with Gasteiger partial charge in [0.1, 0.15) is 18.1 Å². The summed E-state index contributed by atoms with van der Waals surface area (Å²) in [6, 6.07) is 11.9. The van der Waals surface area contributed by atoms with Gasteiger partial charge < -0.3 is 13.9 Å². The van der Waals surface area contributed by atoms with E-state index in [0.717, 1.165) is 29.3 Å². The Morgan fingerprint density at radius 1 is 1.15 bits per heavy atom. The average Bonchev–Trinajstić information content (AvgIpc) is 3.39. The predicted molar refractivity (Wildman–Crippen MR) is 129 cm³/mol. The zero-order valence-electron chi connectivity index (χ0n) is 19.4. The van der Waals surface area contributed by atoms with Crippen molar-refractivity contribution >= 4 is 5.78 Å². The first-order chi connectivity index (χ1) is 16.6. The number of hydrogen-bond acceptors (Lipinski definition) is 5. The second-order valence-electron chi connectivity index (χ2n) is 9.25. The number of carbonyl (C=O) groups excluding carboxylic acids is 1. The fourth-order valence-electron chi connectivity index (χ4n) is 4.56. The molecule has 2 aliphatic rings. The van der Waals surface area contributed by atoms with Crippen LogP contribution in [0.25, 0.3) is 17.2 Å². The van der Waals surface area contributed by atoms with Gasteiger partial charge in [-0.25, -0.2) is 15.0 Å². The van der Waals surface area contributed by atoms with E-state index in [4.69, 9.17) is 9.72 Å². The molecule has 1 fully saturated rings. The number of carbonyl (C=O) groups is 1. The first kappa shape index (κ1) is 20.8. The molecule has 7 heteroatoms. The highest BCUT2D eigenvalue weighted by atomic mass is 16.5.